The Morgan fingerprint density at radius 2 is 2.24 bits per heavy atom. The molecule has 1 unspecified atom stereocenters. The van der Waals surface area contributed by atoms with E-state index in [0.29, 0.717) is 19.6 Å². The van der Waals surface area contributed by atoms with E-state index in [-0.39, 0.29) is 23.3 Å². The Morgan fingerprint density at radius 3 is 2.81 bits per heavy atom. The third-order valence-electron chi connectivity index (χ3n) is 3.30. The minimum atomic E-state index is -4.46. The first-order chi connectivity index (χ1) is 9.91. The number of carbonyl (C=O) groups is 1. The number of nitrogens with one attached hydrogen (secondary N) is 2. The molecule has 2 N–H and O–H groups in total. The predicted octanol–water partition coefficient (Wildman–Crippen LogP) is 2.65. The summed E-state index contributed by atoms with van der Waals surface area (Å²) in [6.07, 6.45) is -3.78. The van der Waals surface area contributed by atoms with Crippen molar-refractivity contribution in [2.75, 3.05) is 25.0 Å². The molecule has 1 heterocycles. The highest BCUT2D eigenvalue weighted by Gasteiger charge is 2.32. The Hall–Kier alpha value is -1.76. The van der Waals surface area contributed by atoms with Gasteiger partial charge in [0.25, 0.3) is 0 Å². The summed E-state index contributed by atoms with van der Waals surface area (Å²) in [5.74, 6) is -0.279. The number of benzene rings is 1. The van der Waals surface area contributed by atoms with Crippen LogP contribution in [-0.2, 0) is 11.0 Å². The lowest BCUT2D eigenvalue weighted by atomic mass is 10.1. The summed E-state index contributed by atoms with van der Waals surface area (Å²) in [5.41, 5.74) is -0.755. The van der Waals surface area contributed by atoms with E-state index in [9.17, 15) is 18.0 Å². The summed E-state index contributed by atoms with van der Waals surface area (Å²) in [7, 11) is 0. The van der Waals surface area contributed by atoms with Crippen molar-refractivity contribution in [3.63, 3.8) is 0 Å². The van der Waals surface area contributed by atoms with Gasteiger partial charge in [-0.05, 0) is 38.1 Å². The van der Waals surface area contributed by atoms with Gasteiger partial charge in [-0.15, -0.1) is 0 Å². The molecule has 1 aliphatic rings. The third kappa shape index (κ3) is 3.87. The van der Waals surface area contributed by atoms with Gasteiger partial charge in [-0.2, -0.15) is 13.2 Å². The van der Waals surface area contributed by atoms with Gasteiger partial charge in [0.05, 0.1) is 23.8 Å². The van der Waals surface area contributed by atoms with Crippen LogP contribution in [0.15, 0.2) is 18.2 Å². The maximum atomic E-state index is 12.8. The molecule has 1 atom stereocenters. The average molecular weight is 302 g/mol. The Kier molecular flexibility index (Phi) is 4.72. The van der Waals surface area contributed by atoms with E-state index in [1.54, 1.807) is 6.92 Å². The minimum absolute atomic E-state index is 0.0589. The number of halogens is 3. The molecule has 1 saturated heterocycles. The topological polar surface area (TPSA) is 50.4 Å². The molecule has 0 radical (unpaired) electrons. The molecule has 0 spiro atoms. The van der Waals surface area contributed by atoms with Gasteiger partial charge in [-0.3, -0.25) is 4.79 Å². The van der Waals surface area contributed by atoms with Crippen LogP contribution in [-0.4, -0.2) is 25.6 Å². The maximum Gasteiger partial charge on any atom is 0.416 e. The highest BCUT2D eigenvalue weighted by Crippen LogP contribution is 2.35. The van der Waals surface area contributed by atoms with Crippen molar-refractivity contribution in [1.29, 1.82) is 0 Å². The molecule has 0 aromatic heterocycles. The van der Waals surface area contributed by atoms with Gasteiger partial charge >= 0.3 is 6.18 Å². The molecule has 1 aromatic carbocycles. The van der Waals surface area contributed by atoms with Crippen LogP contribution in [0.2, 0.25) is 0 Å². The summed E-state index contributed by atoms with van der Waals surface area (Å²) in [6, 6.07) is 3.08. The summed E-state index contributed by atoms with van der Waals surface area (Å²) >= 11 is 0. The zero-order valence-corrected chi connectivity index (χ0v) is 11.6. The smallest absolute Gasteiger partial charge is 0.416 e. The van der Waals surface area contributed by atoms with E-state index in [0.717, 1.165) is 18.7 Å². The quantitative estimate of drug-likeness (QED) is 0.899. The molecule has 0 bridgehead atoms. The number of ether oxygens (including phenoxy) is 1. The number of carbonyl (C=O) groups excluding carboxylic acids is 1. The van der Waals surface area contributed by atoms with Crippen LogP contribution in [0.1, 0.15) is 18.9 Å². The number of hydrogen-bond acceptors (Lipinski definition) is 3. The second kappa shape index (κ2) is 6.34. The lowest BCUT2D eigenvalue weighted by Gasteiger charge is -2.16. The van der Waals surface area contributed by atoms with Gasteiger partial charge in [-0.1, -0.05) is 0 Å². The zero-order valence-electron chi connectivity index (χ0n) is 11.6. The van der Waals surface area contributed by atoms with E-state index < -0.39 is 11.7 Å². The summed E-state index contributed by atoms with van der Waals surface area (Å²) in [6.45, 7) is 3.30. The Morgan fingerprint density at radius 1 is 1.48 bits per heavy atom. The number of hydrogen-bond donors (Lipinski definition) is 2. The van der Waals surface area contributed by atoms with E-state index in [1.165, 1.54) is 6.07 Å². The molecule has 1 aromatic rings. The van der Waals surface area contributed by atoms with Gasteiger partial charge in [0, 0.05) is 6.54 Å². The van der Waals surface area contributed by atoms with Crippen molar-refractivity contribution in [2.24, 2.45) is 5.92 Å². The molecule has 116 valence electrons. The molecular weight excluding hydrogens is 285 g/mol. The monoisotopic (exact) mass is 302 g/mol. The molecule has 21 heavy (non-hydrogen) atoms. The van der Waals surface area contributed by atoms with Crippen LogP contribution in [0.25, 0.3) is 0 Å². The summed E-state index contributed by atoms with van der Waals surface area (Å²) < 4.78 is 43.6. The molecular formula is C14H17F3N2O2. The molecule has 2 rings (SSSR count). The van der Waals surface area contributed by atoms with Gasteiger partial charge in [0.2, 0.25) is 5.91 Å². The highest BCUT2D eigenvalue weighted by atomic mass is 19.4. The van der Waals surface area contributed by atoms with Crippen LogP contribution >= 0.6 is 0 Å². The van der Waals surface area contributed by atoms with Crippen molar-refractivity contribution in [3.8, 4) is 5.75 Å². The van der Waals surface area contributed by atoms with Crippen LogP contribution < -0.4 is 15.4 Å². The molecule has 1 aliphatic heterocycles. The lowest BCUT2D eigenvalue weighted by molar-refractivity contribution is -0.137. The zero-order chi connectivity index (χ0) is 15.5. The van der Waals surface area contributed by atoms with Gasteiger partial charge in [-0.25, -0.2) is 0 Å². The molecule has 0 aliphatic carbocycles. The fraction of sp³-hybridized carbons (Fsp3) is 0.500. The fourth-order valence-corrected chi connectivity index (χ4v) is 2.20. The van der Waals surface area contributed by atoms with E-state index >= 15 is 0 Å². The normalized spacial score (nSPS) is 18.6. The largest absolute Gasteiger partial charge is 0.492 e. The summed E-state index contributed by atoms with van der Waals surface area (Å²) in [4.78, 5) is 12.0. The lowest BCUT2D eigenvalue weighted by Crippen LogP contribution is -2.25. The van der Waals surface area contributed by atoms with Crippen LogP contribution in [0.5, 0.6) is 5.75 Å². The van der Waals surface area contributed by atoms with Crippen LogP contribution in [0, 0.1) is 5.92 Å². The van der Waals surface area contributed by atoms with Gasteiger partial charge in [0.1, 0.15) is 5.75 Å². The second-order valence-corrected chi connectivity index (χ2v) is 4.82. The van der Waals surface area contributed by atoms with Crippen molar-refractivity contribution in [1.82, 2.24) is 5.32 Å². The predicted molar refractivity (Wildman–Crippen MR) is 72.2 cm³/mol. The first kappa shape index (κ1) is 15.6. The molecule has 1 amide bonds. The van der Waals surface area contributed by atoms with E-state index in [1.807, 2.05) is 0 Å². The number of anilines is 1. The molecule has 0 saturated carbocycles. The van der Waals surface area contributed by atoms with E-state index in [2.05, 4.69) is 10.6 Å². The average Bonchev–Trinajstić information content (AvgIpc) is 2.93. The van der Waals surface area contributed by atoms with Gasteiger partial charge < -0.3 is 15.4 Å². The van der Waals surface area contributed by atoms with Crippen LogP contribution in [0.4, 0.5) is 18.9 Å². The minimum Gasteiger partial charge on any atom is -0.492 e. The number of amides is 1. The SMILES string of the molecule is CCOc1ccc(C(F)(F)F)cc1NC(=O)C1CCNC1. The van der Waals surface area contributed by atoms with Crippen molar-refractivity contribution >= 4 is 11.6 Å². The molecule has 1 fully saturated rings. The first-order valence-corrected chi connectivity index (χ1v) is 6.77. The first-order valence-electron chi connectivity index (χ1n) is 6.77. The standard InChI is InChI=1S/C14H17F3N2O2/c1-2-21-12-4-3-10(14(15,16)17)7-11(12)19-13(20)9-5-6-18-8-9/h3-4,7,9,18H,2,5-6,8H2,1H3,(H,19,20). The number of alkyl halides is 3. The molecule has 7 heteroatoms. The fourth-order valence-electron chi connectivity index (χ4n) is 2.20. The van der Waals surface area contributed by atoms with Crippen molar-refractivity contribution < 1.29 is 22.7 Å². The Bertz CT molecular complexity index is 511. The summed E-state index contributed by atoms with van der Waals surface area (Å²) in [5, 5.41) is 5.59. The second-order valence-electron chi connectivity index (χ2n) is 4.82. The third-order valence-corrected chi connectivity index (χ3v) is 3.30. The molecule has 4 nitrogen and oxygen atoms in total. The maximum absolute atomic E-state index is 12.8. The number of rotatable bonds is 4. The Labute approximate surface area is 120 Å². The Balaban J connectivity index is 2.23. The highest BCUT2D eigenvalue weighted by molar-refractivity contribution is 5.94. The van der Waals surface area contributed by atoms with Gasteiger partial charge in [0.15, 0.2) is 0 Å². The van der Waals surface area contributed by atoms with Crippen molar-refractivity contribution in [3.05, 3.63) is 23.8 Å². The van der Waals surface area contributed by atoms with E-state index in [4.69, 9.17) is 4.74 Å². The van der Waals surface area contributed by atoms with Crippen molar-refractivity contribution in [2.45, 2.75) is 19.5 Å². The van der Waals surface area contributed by atoms with Crippen LogP contribution in [0.3, 0.4) is 0 Å².